The Labute approximate surface area is 133 Å². The smallest absolute Gasteiger partial charge is 0.0150 e. The number of piperidine rings is 1. The van der Waals surface area contributed by atoms with E-state index in [0.29, 0.717) is 11.0 Å². The zero-order valence-corrected chi connectivity index (χ0v) is 15.1. The summed E-state index contributed by atoms with van der Waals surface area (Å²) in [6.45, 7) is 16.2. The van der Waals surface area contributed by atoms with Gasteiger partial charge in [-0.15, -0.1) is 0 Å². The first-order valence-electron chi connectivity index (χ1n) is 9.49. The van der Waals surface area contributed by atoms with E-state index < -0.39 is 0 Å². The van der Waals surface area contributed by atoms with Crippen LogP contribution in [0.4, 0.5) is 0 Å². The Balaban J connectivity index is 1.74. The van der Waals surface area contributed by atoms with Gasteiger partial charge in [0.2, 0.25) is 0 Å². The molecule has 0 radical (unpaired) electrons. The summed E-state index contributed by atoms with van der Waals surface area (Å²) in [5.74, 6) is 0. The maximum absolute atomic E-state index is 2.77. The molecular weight excluding hydrogens is 256 g/mol. The maximum Gasteiger partial charge on any atom is 0.0150 e. The molecule has 2 aliphatic heterocycles. The van der Waals surface area contributed by atoms with Gasteiger partial charge in [-0.05, 0) is 77.5 Å². The summed E-state index contributed by atoms with van der Waals surface area (Å²) in [6, 6.07) is 0. The number of hydrogen-bond acceptors (Lipinski definition) is 2. The van der Waals surface area contributed by atoms with Gasteiger partial charge in [-0.1, -0.05) is 33.1 Å². The monoisotopic (exact) mass is 294 g/mol. The number of hydrogen-bond donors (Lipinski definition) is 0. The first-order chi connectivity index (χ1) is 10.0. The normalized spacial score (nSPS) is 24.0. The standard InChI is InChI=1S/C19H38N2/c1-5-7-8-9-13-20-14-10-19(11-15-20)12-16-21(17-19)18(3,4)6-2/h5-17H2,1-4H3. The minimum absolute atomic E-state index is 0.404. The third kappa shape index (κ3) is 4.45. The van der Waals surface area contributed by atoms with Crippen LogP contribution in [0.3, 0.4) is 0 Å². The lowest BCUT2D eigenvalue weighted by atomic mass is 9.77. The molecule has 0 unspecified atom stereocenters. The van der Waals surface area contributed by atoms with Gasteiger partial charge in [0.25, 0.3) is 0 Å². The second-order valence-corrected chi connectivity index (χ2v) is 8.24. The summed E-state index contributed by atoms with van der Waals surface area (Å²) in [7, 11) is 0. The minimum atomic E-state index is 0.404. The lowest BCUT2D eigenvalue weighted by Crippen LogP contribution is -2.46. The molecule has 0 N–H and O–H groups in total. The zero-order valence-electron chi connectivity index (χ0n) is 15.1. The first-order valence-corrected chi connectivity index (χ1v) is 9.49. The second kappa shape index (κ2) is 7.46. The van der Waals surface area contributed by atoms with Gasteiger partial charge in [0.05, 0.1) is 0 Å². The van der Waals surface area contributed by atoms with Crippen molar-refractivity contribution in [2.24, 2.45) is 5.41 Å². The molecule has 0 amide bonds. The molecule has 0 aromatic carbocycles. The highest BCUT2D eigenvalue weighted by Gasteiger charge is 2.43. The fraction of sp³-hybridized carbons (Fsp3) is 1.00. The summed E-state index contributed by atoms with van der Waals surface area (Å²) in [6.07, 6.45) is 11.2. The molecule has 0 saturated carbocycles. The van der Waals surface area contributed by atoms with Crippen molar-refractivity contribution < 1.29 is 0 Å². The highest BCUT2D eigenvalue weighted by Crippen LogP contribution is 2.43. The van der Waals surface area contributed by atoms with Crippen molar-refractivity contribution in [1.29, 1.82) is 0 Å². The Hall–Kier alpha value is -0.0800. The molecule has 2 rings (SSSR count). The van der Waals surface area contributed by atoms with Crippen molar-refractivity contribution in [2.45, 2.75) is 84.6 Å². The molecule has 0 bridgehead atoms. The summed E-state index contributed by atoms with van der Waals surface area (Å²) >= 11 is 0. The predicted octanol–water partition coefficient (Wildman–Crippen LogP) is 4.54. The Bertz CT molecular complexity index is 303. The molecule has 2 nitrogen and oxygen atoms in total. The molecule has 2 saturated heterocycles. The van der Waals surface area contributed by atoms with Crippen LogP contribution in [0.2, 0.25) is 0 Å². The van der Waals surface area contributed by atoms with Crippen LogP contribution in [0.5, 0.6) is 0 Å². The molecule has 0 atom stereocenters. The molecule has 2 aliphatic rings. The Morgan fingerprint density at radius 2 is 1.57 bits per heavy atom. The van der Waals surface area contributed by atoms with Crippen LogP contribution in [0.1, 0.15) is 79.1 Å². The largest absolute Gasteiger partial charge is 0.303 e. The maximum atomic E-state index is 2.77. The van der Waals surface area contributed by atoms with Gasteiger partial charge in [-0.2, -0.15) is 0 Å². The van der Waals surface area contributed by atoms with Crippen molar-refractivity contribution in [3.8, 4) is 0 Å². The highest BCUT2D eigenvalue weighted by atomic mass is 15.2. The van der Waals surface area contributed by atoms with E-state index in [1.54, 1.807) is 0 Å². The van der Waals surface area contributed by atoms with Gasteiger partial charge in [0.15, 0.2) is 0 Å². The Morgan fingerprint density at radius 1 is 0.905 bits per heavy atom. The second-order valence-electron chi connectivity index (χ2n) is 8.24. The molecule has 124 valence electrons. The van der Waals surface area contributed by atoms with Gasteiger partial charge in [0.1, 0.15) is 0 Å². The molecule has 2 heteroatoms. The summed E-state index contributed by atoms with van der Waals surface area (Å²) in [4.78, 5) is 5.50. The van der Waals surface area contributed by atoms with Gasteiger partial charge >= 0.3 is 0 Å². The lowest BCUT2D eigenvalue weighted by molar-refractivity contribution is 0.0804. The van der Waals surface area contributed by atoms with Crippen LogP contribution in [-0.4, -0.2) is 48.1 Å². The minimum Gasteiger partial charge on any atom is -0.303 e. The van der Waals surface area contributed by atoms with E-state index in [0.717, 1.165) is 0 Å². The highest BCUT2D eigenvalue weighted by molar-refractivity contribution is 4.97. The Morgan fingerprint density at radius 3 is 2.19 bits per heavy atom. The fourth-order valence-corrected chi connectivity index (χ4v) is 4.10. The predicted molar refractivity (Wildman–Crippen MR) is 92.8 cm³/mol. The summed E-state index contributed by atoms with van der Waals surface area (Å²) < 4.78 is 0. The molecule has 21 heavy (non-hydrogen) atoms. The average molecular weight is 295 g/mol. The van der Waals surface area contributed by atoms with E-state index in [9.17, 15) is 0 Å². The molecule has 2 fully saturated rings. The number of likely N-dealkylation sites (tertiary alicyclic amines) is 2. The number of nitrogens with zero attached hydrogens (tertiary/aromatic N) is 2. The van der Waals surface area contributed by atoms with E-state index in [1.165, 1.54) is 84.1 Å². The lowest BCUT2D eigenvalue weighted by Gasteiger charge is -2.41. The van der Waals surface area contributed by atoms with Gasteiger partial charge in [-0.25, -0.2) is 0 Å². The fourth-order valence-electron chi connectivity index (χ4n) is 4.10. The number of unbranched alkanes of at least 4 members (excludes halogenated alkanes) is 3. The van der Waals surface area contributed by atoms with Crippen LogP contribution in [0.15, 0.2) is 0 Å². The van der Waals surface area contributed by atoms with Gasteiger partial charge in [0, 0.05) is 12.1 Å². The Kier molecular flexibility index (Phi) is 6.14. The van der Waals surface area contributed by atoms with Crippen LogP contribution >= 0.6 is 0 Å². The molecule has 1 spiro atoms. The van der Waals surface area contributed by atoms with Crippen LogP contribution in [-0.2, 0) is 0 Å². The topological polar surface area (TPSA) is 6.48 Å². The quantitative estimate of drug-likeness (QED) is 0.636. The van der Waals surface area contributed by atoms with Crippen LogP contribution < -0.4 is 0 Å². The van der Waals surface area contributed by atoms with Gasteiger partial charge < -0.3 is 4.90 Å². The summed E-state index contributed by atoms with van der Waals surface area (Å²) in [5, 5.41) is 0. The molecular formula is C19H38N2. The van der Waals surface area contributed by atoms with Crippen molar-refractivity contribution >= 4 is 0 Å². The van der Waals surface area contributed by atoms with Gasteiger partial charge in [-0.3, -0.25) is 4.90 Å². The molecule has 2 heterocycles. The van der Waals surface area contributed by atoms with E-state index in [4.69, 9.17) is 0 Å². The third-order valence-corrected chi connectivity index (χ3v) is 6.40. The van der Waals surface area contributed by atoms with Crippen molar-refractivity contribution in [3.05, 3.63) is 0 Å². The van der Waals surface area contributed by atoms with Crippen LogP contribution in [0, 0.1) is 5.41 Å². The molecule has 0 aromatic heterocycles. The van der Waals surface area contributed by atoms with Crippen molar-refractivity contribution in [3.63, 3.8) is 0 Å². The molecule has 0 aliphatic carbocycles. The van der Waals surface area contributed by atoms with Crippen molar-refractivity contribution in [2.75, 3.05) is 32.7 Å². The van der Waals surface area contributed by atoms with Crippen LogP contribution in [0.25, 0.3) is 0 Å². The summed E-state index contributed by atoms with van der Waals surface area (Å²) in [5.41, 5.74) is 1.06. The average Bonchev–Trinajstić information content (AvgIpc) is 2.91. The molecule has 0 aromatic rings. The third-order valence-electron chi connectivity index (χ3n) is 6.40. The van der Waals surface area contributed by atoms with E-state index in [-0.39, 0.29) is 0 Å². The van der Waals surface area contributed by atoms with E-state index >= 15 is 0 Å². The first kappa shape index (κ1) is 17.3. The van der Waals surface area contributed by atoms with Crippen molar-refractivity contribution in [1.82, 2.24) is 9.80 Å². The van der Waals surface area contributed by atoms with E-state index in [2.05, 4.69) is 37.5 Å². The van der Waals surface area contributed by atoms with E-state index in [1.807, 2.05) is 0 Å². The zero-order chi connectivity index (χ0) is 15.3. The number of rotatable bonds is 7. The SMILES string of the molecule is CCCCCCN1CCC2(CC1)CCN(C(C)(C)CC)C2.